The molecule has 2 heteroatoms. The van der Waals surface area contributed by atoms with Gasteiger partial charge in [0, 0.05) is 23.5 Å². The average molecular weight is 205 g/mol. The van der Waals surface area contributed by atoms with Gasteiger partial charge in [-0.25, -0.2) is 0 Å². The molecular weight excluding hydrogens is 190 g/mol. The zero-order chi connectivity index (χ0) is 9.97. The number of aryl methyl sites for hydroxylation is 2. The van der Waals surface area contributed by atoms with E-state index >= 15 is 0 Å². The van der Waals surface area contributed by atoms with E-state index in [2.05, 4.69) is 48.1 Å². The summed E-state index contributed by atoms with van der Waals surface area (Å²) < 4.78 is 2.39. The highest BCUT2D eigenvalue weighted by molar-refractivity contribution is 7.98. The molecule has 0 N–H and O–H groups in total. The molecule has 2 aromatic rings. The van der Waals surface area contributed by atoms with Crippen LogP contribution in [0, 0.1) is 6.92 Å². The summed E-state index contributed by atoms with van der Waals surface area (Å²) in [7, 11) is 0. The molecule has 1 aromatic heterocycles. The van der Waals surface area contributed by atoms with E-state index in [1.54, 1.807) is 0 Å². The number of nitrogens with zero attached hydrogens (tertiary/aromatic N) is 1. The van der Waals surface area contributed by atoms with E-state index in [4.69, 9.17) is 0 Å². The lowest BCUT2D eigenvalue weighted by molar-refractivity contribution is 0.779. The van der Waals surface area contributed by atoms with Gasteiger partial charge in [-0.2, -0.15) is 11.8 Å². The fourth-order valence-electron chi connectivity index (χ4n) is 1.83. The molecule has 0 aliphatic carbocycles. The molecule has 2 rings (SSSR count). The molecule has 0 unspecified atom stereocenters. The summed E-state index contributed by atoms with van der Waals surface area (Å²) >= 11 is 1.90. The molecule has 0 fully saturated rings. The third-order valence-electron chi connectivity index (χ3n) is 2.54. The summed E-state index contributed by atoms with van der Waals surface area (Å²) in [5.74, 6) is 1.18. The van der Waals surface area contributed by atoms with E-state index in [-0.39, 0.29) is 0 Å². The fourth-order valence-corrected chi connectivity index (χ4v) is 2.19. The first kappa shape index (κ1) is 9.66. The van der Waals surface area contributed by atoms with Crippen molar-refractivity contribution in [3.8, 4) is 0 Å². The number of hydrogen-bond donors (Lipinski definition) is 0. The van der Waals surface area contributed by atoms with Crippen LogP contribution in [-0.2, 0) is 6.54 Å². The molecule has 1 aromatic carbocycles. The predicted octanol–water partition coefficient (Wildman–Crippen LogP) is 3.31. The van der Waals surface area contributed by atoms with Gasteiger partial charge in [-0.1, -0.05) is 18.2 Å². The Morgan fingerprint density at radius 2 is 2.07 bits per heavy atom. The van der Waals surface area contributed by atoms with Gasteiger partial charge >= 0.3 is 0 Å². The maximum absolute atomic E-state index is 2.39. The van der Waals surface area contributed by atoms with E-state index in [0.717, 1.165) is 6.54 Å². The summed E-state index contributed by atoms with van der Waals surface area (Å²) in [6, 6.07) is 10.8. The Balaban J connectivity index is 2.45. The van der Waals surface area contributed by atoms with Crippen molar-refractivity contribution in [3.05, 3.63) is 36.0 Å². The number of rotatable bonds is 3. The Bertz CT molecular complexity index is 431. The van der Waals surface area contributed by atoms with Crippen molar-refractivity contribution in [2.75, 3.05) is 12.0 Å². The van der Waals surface area contributed by atoms with Crippen molar-refractivity contribution in [1.82, 2.24) is 4.57 Å². The smallest absolute Gasteiger partial charge is 0.0482 e. The molecular formula is C12H15NS. The largest absolute Gasteiger partial charge is 0.344 e. The molecule has 0 aliphatic heterocycles. The second-order valence-electron chi connectivity index (χ2n) is 3.49. The van der Waals surface area contributed by atoms with Crippen molar-refractivity contribution in [1.29, 1.82) is 0 Å². The average Bonchev–Trinajstić information content (AvgIpc) is 2.51. The highest BCUT2D eigenvalue weighted by atomic mass is 32.2. The molecule has 14 heavy (non-hydrogen) atoms. The molecule has 1 nitrogen and oxygen atoms in total. The Kier molecular flexibility index (Phi) is 2.82. The van der Waals surface area contributed by atoms with Gasteiger partial charge in [-0.05, 0) is 30.7 Å². The third-order valence-corrected chi connectivity index (χ3v) is 3.13. The number of hydrogen-bond acceptors (Lipinski definition) is 1. The lowest BCUT2D eigenvalue weighted by Crippen LogP contribution is -2.01. The Morgan fingerprint density at radius 3 is 2.86 bits per heavy atom. The van der Waals surface area contributed by atoms with E-state index in [0.29, 0.717) is 0 Å². The lowest BCUT2D eigenvalue weighted by Gasteiger charge is -2.06. The summed E-state index contributed by atoms with van der Waals surface area (Å²) in [5, 5.41) is 1.35. The van der Waals surface area contributed by atoms with Crippen LogP contribution in [-0.4, -0.2) is 16.6 Å². The SMILES string of the molecule is CSCCn1c(C)cc2ccccc21. The minimum atomic E-state index is 1.11. The van der Waals surface area contributed by atoms with Crippen LogP contribution in [0.15, 0.2) is 30.3 Å². The van der Waals surface area contributed by atoms with Gasteiger partial charge < -0.3 is 4.57 Å². The molecule has 0 spiro atoms. The standard InChI is InChI=1S/C12H15NS/c1-10-9-11-5-3-4-6-12(11)13(10)7-8-14-2/h3-6,9H,7-8H2,1-2H3. The van der Waals surface area contributed by atoms with Gasteiger partial charge in [0.15, 0.2) is 0 Å². The molecule has 0 amide bonds. The highest BCUT2D eigenvalue weighted by Crippen LogP contribution is 2.19. The number of benzene rings is 1. The van der Waals surface area contributed by atoms with Gasteiger partial charge in [-0.15, -0.1) is 0 Å². The summed E-state index contributed by atoms with van der Waals surface area (Å²) in [4.78, 5) is 0. The topological polar surface area (TPSA) is 4.93 Å². The first-order chi connectivity index (χ1) is 6.83. The summed E-state index contributed by atoms with van der Waals surface area (Å²) in [6.07, 6.45) is 2.15. The molecule has 0 radical (unpaired) electrons. The summed E-state index contributed by atoms with van der Waals surface area (Å²) in [6.45, 7) is 3.29. The highest BCUT2D eigenvalue weighted by Gasteiger charge is 2.03. The van der Waals surface area contributed by atoms with Gasteiger partial charge in [0.2, 0.25) is 0 Å². The van der Waals surface area contributed by atoms with E-state index in [1.807, 2.05) is 11.8 Å². The van der Waals surface area contributed by atoms with Gasteiger partial charge in [0.25, 0.3) is 0 Å². The Morgan fingerprint density at radius 1 is 1.29 bits per heavy atom. The molecule has 0 atom stereocenters. The van der Waals surface area contributed by atoms with Crippen molar-refractivity contribution in [3.63, 3.8) is 0 Å². The van der Waals surface area contributed by atoms with Gasteiger partial charge in [0.05, 0.1) is 0 Å². The monoisotopic (exact) mass is 205 g/mol. The van der Waals surface area contributed by atoms with Crippen LogP contribution in [0.4, 0.5) is 0 Å². The predicted molar refractivity (Wildman–Crippen MR) is 65.1 cm³/mol. The van der Waals surface area contributed by atoms with Crippen LogP contribution in [0.2, 0.25) is 0 Å². The Hall–Kier alpha value is -0.890. The minimum absolute atomic E-state index is 1.11. The van der Waals surface area contributed by atoms with Crippen LogP contribution in [0.1, 0.15) is 5.69 Å². The second-order valence-corrected chi connectivity index (χ2v) is 4.47. The Labute approximate surface area is 89.1 Å². The van der Waals surface area contributed by atoms with E-state index in [9.17, 15) is 0 Å². The molecule has 1 heterocycles. The maximum atomic E-state index is 2.39. The first-order valence-corrected chi connectivity index (χ1v) is 6.26. The van der Waals surface area contributed by atoms with Crippen LogP contribution < -0.4 is 0 Å². The zero-order valence-corrected chi connectivity index (χ0v) is 9.47. The zero-order valence-electron chi connectivity index (χ0n) is 8.66. The molecule has 0 aliphatic rings. The number of fused-ring (bicyclic) bond motifs is 1. The quantitative estimate of drug-likeness (QED) is 0.744. The normalized spacial score (nSPS) is 11.0. The van der Waals surface area contributed by atoms with Gasteiger partial charge in [0.1, 0.15) is 0 Å². The van der Waals surface area contributed by atoms with Crippen LogP contribution in [0.3, 0.4) is 0 Å². The summed E-state index contributed by atoms with van der Waals surface area (Å²) in [5.41, 5.74) is 2.72. The van der Waals surface area contributed by atoms with Crippen LogP contribution >= 0.6 is 11.8 Å². The van der Waals surface area contributed by atoms with Crippen molar-refractivity contribution in [2.24, 2.45) is 0 Å². The maximum Gasteiger partial charge on any atom is 0.0482 e. The first-order valence-electron chi connectivity index (χ1n) is 4.87. The van der Waals surface area contributed by atoms with E-state index < -0.39 is 0 Å². The number of aromatic nitrogens is 1. The lowest BCUT2D eigenvalue weighted by atomic mass is 10.2. The second kappa shape index (κ2) is 4.09. The molecule has 0 saturated heterocycles. The molecule has 74 valence electrons. The minimum Gasteiger partial charge on any atom is -0.344 e. The number of para-hydroxylation sites is 1. The fraction of sp³-hybridized carbons (Fsp3) is 0.333. The van der Waals surface area contributed by atoms with Gasteiger partial charge in [-0.3, -0.25) is 0 Å². The van der Waals surface area contributed by atoms with Crippen molar-refractivity contribution >= 4 is 22.7 Å². The van der Waals surface area contributed by atoms with Crippen molar-refractivity contribution < 1.29 is 0 Å². The molecule has 0 bridgehead atoms. The number of thioether (sulfide) groups is 1. The third kappa shape index (κ3) is 1.67. The van der Waals surface area contributed by atoms with Crippen LogP contribution in [0.5, 0.6) is 0 Å². The molecule has 0 saturated carbocycles. The van der Waals surface area contributed by atoms with Crippen LogP contribution in [0.25, 0.3) is 10.9 Å². The van der Waals surface area contributed by atoms with Crippen molar-refractivity contribution in [2.45, 2.75) is 13.5 Å². The van der Waals surface area contributed by atoms with E-state index in [1.165, 1.54) is 22.3 Å².